The number of ether oxygens (including phenoxy) is 1. The first-order valence-electron chi connectivity index (χ1n) is 8.70. The zero-order valence-corrected chi connectivity index (χ0v) is 15.5. The van der Waals surface area contributed by atoms with Crippen molar-refractivity contribution in [1.82, 2.24) is 9.97 Å². The topological polar surface area (TPSA) is 67.4 Å². The van der Waals surface area contributed by atoms with Crippen LogP contribution in [0.4, 0.5) is 20.8 Å². The molecule has 1 N–H and O–H groups in total. The second kappa shape index (κ2) is 7.82. The van der Waals surface area contributed by atoms with Gasteiger partial charge in [0.05, 0.1) is 18.5 Å². The second-order valence-electron chi connectivity index (χ2n) is 6.17. The lowest BCUT2D eigenvalue weighted by Gasteiger charge is -2.21. The number of amides is 2. The summed E-state index contributed by atoms with van der Waals surface area (Å²) in [6, 6.07) is 13.2. The van der Waals surface area contributed by atoms with Crippen LogP contribution in [0.5, 0.6) is 5.75 Å². The number of hydrogen-bond donors (Lipinski definition) is 1. The van der Waals surface area contributed by atoms with Crippen LogP contribution in [-0.2, 0) is 0 Å². The van der Waals surface area contributed by atoms with Gasteiger partial charge in [0.2, 0.25) is 0 Å². The Morgan fingerprint density at radius 2 is 2.11 bits per heavy atom. The number of carbonyl (C=O) groups excluding carboxylic acids is 1. The van der Waals surface area contributed by atoms with E-state index in [1.54, 1.807) is 18.2 Å². The summed E-state index contributed by atoms with van der Waals surface area (Å²) in [6.07, 6.45) is 1.69. The van der Waals surface area contributed by atoms with Gasteiger partial charge in [-0.15, -0.1) is 0 Å². The lowest BCUT2D eigenvalue weighted by atomic mass is 10.1. The highest BCUT2D eigenvalue weighted by Gasteiger charge is 2.25. The van der Waals surface area contributed by atoms with E-state index in [0.717, 1.165) is 11.8 Å². The molecule has 3 aromatic rings. The fourth-order valence-corrected chi connectivity index (χ4v) is 3.08. The molecule has 1 aliphatic heterocycles. The number of pyridine rings is 2. The number of anilines is 2. The van der Waals surface area contributed by atoms with E-state index >= 15 is 0 Å². The van der Waals surface area contributed by atoms with Crippen LogP contribution in [0.3, 0.4) is 0 Å². The molecule has 4 rings (SSSR count). The van der Waals surface area contributed by atoms with E-state index in [4.69, 9.17) is 16.3 Å². The average Bonchev–Trinajstić information content (AvgIpc) is 2.91. The number of hydrogen-bond acceptors (Lipinski definition) is 4. The Morgan fingerprint density at radius 3 is 2.89 bits per heavy atom. The molecular formula is C20H16ClFN4O2. The van der Waals surface area contributed by atoms with Crippen molar-refractivity contribution in [3.8, 4) is 17.0 Å². The minimum Gasteiger partial charge on any atom is -0.490 e. The van der Waals surface area contributed by atoms with Crippen LogP contribution in [-0.4, -0.2) is 29.2 Å². The van der Waals surface area contributed by atoms with E-state index in [9.17, 15) is 9.18 Å². The maximum Gasteiger partial charge on any atom is 0.328 e. The molecule has 28 heavy (non-hydrogen) atoms. The molecule has 0 radical (unpaired) electrons. The Labute approximate surface area is 165 Å². The van der Waals surface area contributed by atoms with Crippen LogP contribution in [0.15, 0.2) is 54.7 Å². The molecule has 0 atom stereocenters. The monoisotopic (exact) mass is 398 g/mol. The highest BCUT2D eigenvalue weighted by molar-refractivity contribution is 6.30. The number of fused-ring (bicyclic) bond motifs is 1. The molecule has 0 saturated heterocycles. The second-order valence-corrected chi connectivity index (χ2v) is 6.61. The number of aromatic nitrogens is 2. The Morgan fingerprint density at radius 1 is 1.21 bits per heavy atom. The predicted octanol–water partition coefficient (Wildman–Crippen LogP) is 4.76. The highest BCUT2D eigenvalue weighted by Crippen LogP contribution is 2.33. The van der Waals surface area contributed by atoms with Gasteiger partial charge in [-0.25, -0.2) is 19.2 Å². The first kappa shape index (κ1) is 18.2. The largest absolute Gasteiger partial charge is 0.490 e. The summed E-state index contributed by atoms with van der Waals surface area (Å²) in [5.74, 6) is 0.712. The lowest BCUT2D eigenvalue weighted by molar-refractivity contribution is 0.256. The number of carbonyl (C=O) groups is 1. The smallest absolute Gasteiger partial charge is 0.328 e. The Hall–Kier alpha value is -3.19. The number of urea groups is 1. The summed E-state index contributed by atoms with van der Waals surface area (Å²) in [6.45, 7) is 0.899. The normalized spacial score (nSPS) is 13.3. The molecule has 0 saturated carbocycles. The Kier molecular flexibility index (Phi) is 5.08. The van der Waals surface area contributed by atoms with Crippen LogP contribution < -0.4 is 15.0 Å². The van der Waals surface area contributed by atoms with Gasteiger partial charge in [0, 0.05) is 17.1 Å². The molecule has 6 nitrogen and oxygen atoms in total. The number of rotatable bonds is 2. The van der Waals surface area contributed by atoms with Crippen molar-refractivity contribution in [2.45, 2.75) is 6.42 Å². The molecule has 1 aromatic carbocycles. The fraction of sp³-hybridized carbons (Fsp3) is 0.150. The van der Waals surface area contributed by atoms with Gasteiger partial charge < -0.3 is 4.74 Å². The fourth-order valence-electron chi connectivity index (χ4n) is 2.89. The quantitative estimate of drug-likeness (QED) is 0.676. The molecule has 0 aliphatic carbocycles. The van der Waals surface area contributed by atoms with Crippen LogP contribution in [0.1, 0.15) is 6.42 Å². The summed E-state index contributed by atoms with van der Waals surface area (Å²) >= 11 is 6.08. The molecule has 2 amide bonds. The van der Waals surface area contributed by atoms with E-state index in [1.807, 2.05) is 18.2 Å². The van der Waals surface area contributed by atoms with Gasteiger partial charge >= 0.3 is 6.03 Å². The third-order valence-corrected chi connectivity index (χ3v) is 4.44. The van der Waals surface area contributed by atoms with Crippen LogP contribution in [0.25, 0.3) is 11.3 Å². The van der Waals surface area contributed by atoms with E-state index in [2.05, 4.69) is 15.3 Å². The summed E-state index contributed by atoms with van der Waals surface area (Å²) in [5.41, 5.74) is 1.50. The number of nitrogens with zero attached hydrogens (tertiary/aromatic N) is 3. The maximum atomic E-state index is 13.0. The van der Waals surface area contributed by atoms with Crippen molar-refractivity contribution in [1.29, 1.82) is 0 Å². The summed E-state index contributed by atoms with van der Waals surface area (Å²) in [7, 11) is 0. The highest BCUT2D eigenvalue weighted by atomic mass is 35.5. The minimum absolute atomic E-state index is 0.254. The zero-order valence-electron chi connectivity index (χ0n) is 14.7. The van der Waals surface area contributed by atoms with Crippen molar-refractivity contribution >= 4 is 29.3 Å². The van der Waals surface area contributed by atoms with Gasteiger partial charge in [0.25, 0.3) is 0 Å². The van der Waals surface area contributed by atoms with Gasteiger partial charge in [-0.1, -0.05) is 23.7 Å². The maximum absolute atomic E-state index is 13.0. The SMILES string of the molecule is O=C(Nc1ccc(F)cn1)N1CCCOc2ccc(-c3cccc(Cl)c3)nc21. The van der Waals surface area contributed by atoms with Crippen LogP contribution >= 0.6 is 11.6 Å². The summed E-state index contributed by atoms with van der Waals surface area (Å²) in [4.78, 5) is 22.8. The molecule has 8 heteroatoms. The van der Waals surface area contributed by atoms with Crippen molar-refractivity contribution < 1.29 is 13.9 Å². The van der Waals surface area contributed by atoms with E-state index in [0.29, 0.717) is 41.9 Å². The standard InChI is InChI=1S/C20H16ClFN4O2/c21-14-4-1-3-13(11-14)16-6-7-17-19(24-16)26(9-2-10-28-17)20(27)25-18-8-5-15(22)12-23-18/h1,3-8,11-12H,2,9-10H2,(H,23,25,27). The van der Waals surface area contributed by atoms with Gasteiger partial charge in [-0.2, -0.15) is 0 Å². The molecule has 1 aliphatic rings. The molecule has 0 unspecified atom stereocenters. The molecule has 2 aromatic heterocycles. The van der Waals surface area contributed by atoms with E-state index in [-0.39, 0.29) is 5.82 Å². The molecule has 0 spiro atoms. The summed E-state index contributed by atoms with van der Waals surface area (Å²) < 4.78 is 18.8. The minimum atomic E-state index is -0.473. The third-order valence-electron chi connectivity index (χ3n) is 4.21. The summed E-state index contributed by atoms with van der Waals surface area (Å²) in [5, 5.41) is 3.27. The first-order valence-corrected chi connectivity index (χ1v) is 9.08. The van der Waals surface area contributed by atoms with Crippen molar-refractivity contribution in [2.75, 3.05) is 23.4 Å². The Balaban J connectivity index is 1.67. The van der Waals surface area contributed by atoms with Gasteiger partial charge in [0.15, 0.2) is 11.6 Å². The predicted molar refractivity (Wildman–Crippen MR) is 105 cm³/mol. The van der Waals surface area contributed by atoms with Crippen LogP contribution in [0, 0.1) is 5.82 Å². The third kappa shape index (κ3) is 3.89. The van der Waals surface area contributed by atoms with Gasteiger partial charge in [-0.3, -0.25) is 10.2 Å². The zero-order chi connectivity index (χ0) is 19.5. The number of nitrogens with one attached hydrogen (secondary N) is 1. The van der Waals surface area contributed by atoms with Gasteiger partial charge in [-0.05, 0) is 42.8 Å². The van der Waals surface area contributed by atoms with Crippen molar-refractivity contribution in [3.63, 3.8) is 0 Å². The molecule has 142 valence electrons. The Bertz CT molecular complexity index is 1010. The molecule has 3 heterocycles. The molecule has 0 bridgehead atoms. The molecule has 0 fully saturated rings. The van der Waals surface area contributed by atoms with E-state index < -0.39 is 11.8 Å². The number of halogens is 2. The van der Waals surface area contributed by atoms with Crippen molar-refractivity contribution in [3.05, 3.63) is 65.6 Å². The lowest BCUT2D eigenvalue weighted by Crippen LogP contribution is -2.36. The van der Waals surface area contributed by atoms with Crippen molar-refractivity contribution in [2.24, 2.45) is 0 Å². The molecular weight excluding hydrogens is 383 g/mol. The average molecular weight is 399 g/mol. The number of benzene rings is 1. The van der Waals surface area contributed by atoms with Crippen LogP contribution in [0.2, 0.25) is 5.02 Å². The van der Waals surface area contributed by atoms with E-state index in [1.165, 1.54) is 17.0 Å². The van der Waals surface area contributed by atoms with Gasteiger partial charge in [0.1, 0.15) is 11.6 Å². The first-order chi connectivity index (χ1) is 13.6.